The van der Waals surface area contributed by atoms with Gasteiger partial charge in [0.05, 0.1) is 4.90 Å². The fourth-order valence-corrected chi connectivity index (χ4v) is 5.00. The first kappa shape index (κ1) is 15.9. The van der Waals surface area contributed by atoms with Crippen LogP contribution in [0.4, 0.5) is 0 Å². The molecule has 1 aromatic carbocycles. The van der Waals surface area contributed by atoms with Gasteiger partial charge in [-0.1, -0.05) is 25.3 Å². The highest BCUT2D eigenvalue weighted by atomic mass is 79.9. The predicted molar refractivity (Wildman–Crippen MR) is 84.0 cm³/mol. The van der Waals surface area contributed by atoms with Gasteiger partial charge in [0.25, 0.3) is 0 Å². The molecule has 1 aliphatic rings. The third kappa shape index (κ3) is 3.61. The van der Waals surface area contributed by atoms with Crippen LogP contribution in [0, 0.1) is 6.92 Å². The molecule has 0 bridgehead atoms. The zero-order valence-corrected chi connectivity index (χ0v) is 14.1. The van der Waals surface area contributed by atoms with Gasteiger partial charge >= 0.3 is 0 Å². The fraction of sp³-hybridized carbons (Fsp3) is 0.571. The third-order valence-electron chi connectivity index (χ3n) is 3.73. The van der Waals surface area contributed by atoms with Gasteiger partial charge in [-0.3, -0.25) is 0 Å². The van der Waals surface area contributed by atoms with Crippen molar-refractivity contribution in [2.75, 3.05) is 0 Å². The molecule has 4 nitrogen and oxygen atoms in total. The van der Waals surface area contributed by atoms with Crippen molar-refractivity contribution >= 4 is 26.0 Å². The highest BCUT2D eigenvalue weighted by molar-refractivity contribution is 9.10. The van der Waals surface area contributed by atoms with E-state index in [1.807, 2.05) is 13.0 Å². The highest BCUT2D eigenvalue weighted by Crippen LogP contribution is 2.28. The quantitative estimate of drug-likeness (QED) is 0.866. The van der Waals surface area contributed by atoms with Crippen molar-refractivity contribution in [2.45, 2.75) is 56.5 Å². The summed E-state index contributed by atoms with van der Waals surface area (Å²) in [6, 6.07) is 3.62. The minimum Gasteiger partial charge on any atom is -0.326 e. The van der Waals surface area contributed by atoms with Crippen molar-refractivity contribution in [3.63, 3.8) is 0 Å². The second-order valence-electron chi connectivity index (χ2n) is 5.39. The van der Waals surface area contributed by atoms with Gasteiger partial charge in [-0.2, -0.15) is 0 Å². The van der Waals surface area contributed by atoms with Crippen LogP contribution in [0.5, 0.6) is 0 Å². The van der Waals surface area contributed by atoms with E-state index in [1.165, 1.54) is 6.42 Å². The van der Waals surface area contributed by atoms with Gasteiger partial charge in [-0.05, 0) is 52.9 Å². The van der Waals surface area contributed by atoms with E-state index in [9.17, 15) is 8.42 Å². The molecule has 1 fully saturated rings. The maximum Gasteiger partial charge on any atom is 0.241 e. The molecular weight excluding hydrogens is 340 g/mol. The summed E-state index contributed by atoms with van der Waals surface area (Å²) in [6.45, 7) is 2.21. The Hall–Kier alpha value is -0.430. The monoisotopic (exact) mass is 360 g/mol. The standard InChI is InChI=1S/C14H21BrN2O2S/c1-10-7-11(9-16)8-13(14(10)15)20(18,19)17-12-5-3-2-4-6-12/h7-8,12,17H,2-6,9,16H2,1H3. The molecular formula is C14H21BrN2O2S. The molecule has 0 aliphatic heterocycles. The summed E-state index contributed by atoms with van der Waals surface area (Å²) in [5, 5.41) is 0. The van der Waals surface area contributed by atoms with Crippen LogP contribution in [0.15, 0.2) is 21.5 Å². The maximum atomic E-state index is 12.6. The molecule has 0 radical (unpaired) electrons. The topological polar surface area (TPSA) is 72.2 Å². The third-order valence-corrected chi connectivity index (χ3v) is 6.59. The van der Waals surface area contributed by atoms with E-state index in [-0.39, 0.29) is 6.04 Å². The average molecular weight is 361 g/mol. The summed E-state index contributed by atoms with van der Waals surface area (Å²) in [5.41, 5.74) is 7.35. The molecule has 0 amide bonds. The molecule has 0 heterocycles. The average Bonchev–Trinajstić information content (AvgIpc) is 2.42. The lowest BCUT2D eigenvalue weighted by Crippen LogP contribution is -2.36. The Kier molecular flexibility index (Phi) is 5.23. The lowest BCUT2D eigenvalue weighted by Gasteiger charge is -2.23. The summed E-state index contributed by atoms with van der Waals surface area (Å²) in [7, 11) is -3.50. The van der Waals surface area contributed by atoms with Gasteiger partial charge in [0.1, 0.15) is 0 Å². The van der Waals surface area contributed by atoms with E-state index < -0.39 is 10.0 Å². The molecule has 2 rings (SSSR count). The van der Waals surface area contributed by atoms with Gasteiger partial charge in [-0.15, -0.1) is 0 Å². The Bertz CT molecular complexity index is 581. The molecule has 3 N–H and O–H groups in total. The number of sulfonamides is 1. The van der Waals surface area contributed by atoms with Crippen LogP contribution in [0.1, 0.15) is 43.2 Å². The molecule has 1 aromatic rings. The Morgan fingerprint density at radius 2 is 1.95 bits per heavy atom. The van der Waals surface area contributed by atoms with E-state index in [2.05, 4.69) is 20.7 Å². The fourth-order valence-electron chi connectivity index (χ4n) is 2.63. The molecule has 0 spiro atoms. The number of nitrogens with two attached hydrogens (primary N) is 1. The summed E-state index contributed by atoms with van der Waals surface area (Å²) in [6.07, 6.45) is 5.23. The van der Waals surface area contributed by atoms with Crippen molar-refractivity contribution < 1.29 is 8.42 Å². The molecule has 0 unspecified atom stereocenters. The molecule has 6 heteroatoms. The van der Waals surface area contributed by atoms with Crippen molar-refractivity contribution in [1.82, 2.24) is 4.72 Å². The first-order chi connectivity index (χ1) is 9.44. The van der Waals surface area contributed by atoms with E-state index >= 15 is 0 Å². The normalized spacial score (nSPS) is 17.4. The minimum atomic E-state index is -3.50. The van der Waals surface area contributed by atoms with Crippen molar-refractivity contribution in [3.05, 3.63) is 27.7 Å². The summed E-state index contributed by atoms with van der Waals surface area (Å²) in [4.78, 5) is 0.295. The van der Waals surface area contributed by atoms with Crippen LogP contribution in [0.25, 0.3) is 0 Å². The second-order valence-corrected chi connectivity index (χ2v) is 7.86. The lowest BCUT2D eigenvalue weighted by atomic mass is 9.96. The summed E-state index contributed by atoms with van der Waals surface area (Å²) in [5.74, 6) is 0. The lowest BCUT2D eigenvalue weighted by molar-refractivity contribution is 0.412. The predicted octanol–water partition coefficient (Wildman–Crippen LogP) is 2.83. The van der Waals surface area contributed by atoms with Crippen molar-refractivity contribution in [2.24, 2.45) is 5.73 Å². The largest absolute Gasteiger partial charge is 0.326 e. The number of rotatable bonds is 4. The van der Waals surface area contributed by atoms with Crippen LogP contribution < -0.4 is 10.5 Å². The molecule has 1 aliphatic carbocycles. The van der Waals surface area contributed by atoms with Crippen LogP contribution in [0.2, 0.25) is 0 Å². The van der Waals surface area contributed by atoms with Gasteiger partial charge in [-0.25, -0.2) is 13.1 Å². The molecule has 20 heavy (non-hydrogen) atoms. The van der Waals surface area contributed by atoms with Gasteiger partial charge in [0.15, 0.2) is 0 Å². The second kappa shape index (κ2) is 6.56. The smallest absolute Gasteiger partial charge is 0.241 e. The first-order valence-corrected chi connectivity index (χ1v) is 9.23. The van der Waals surface area contributed by atoms with E-state index in [4.69, 9.17) is 5.73 Å². The van der Waals surface area contributed by atoms with E-state index in [1.54, 1.807) is 6.07 Å². The number of halogens is 1. The number of hydrogen-bond donors (Lipinski definition) is 2. The van der Waals surface area contributed by atoms with Crippen molar-refractivity contribution in [3.8, 4) is 0 Å². The van der Waals surface area contributed by atoms with Gasteiger partial charge in [0, 0.05) is 17.1 Å². The zero-order valence-electron chi connectivity index (χ0n) is 11.7. The van der Waals surface area contributed by atoms with Gasteiger partial charge < -0.3 is 5.73 Å². The van der Waals surface area contributed by atoms with E-state index in [0.29, 0.717) is 15.9 Å². The van der Waals surface area contributed by atoms with Crippen LogP contribution in [0.3, 0.4) is 0 Å². The zero-order chi connectivity index (χ0) is 14.8. The van der Waals surface area contributed by atoms with Crippen molar-refractivity contribution in [1.29, 1.82) is 0 Å². The Morgan fingerprint density at radius 3 is 2.55 bits per heavy atom. The molecule has 1 saturated carbocycles. The first-order valence-electron chi connectivity index (χ1n) is 6.95. The van der Waals surface area contributed by atoms with E-state index in [0.717, 1.165) is 36.8 Å². The molecule has 0 atom stereocenters. The van der Waals surface area contributed by atoms with Gasteiger partial charge in [0.2, 0.25) is 10.0 Å². The number of aryl methyl sites for hydroxylation is 1. The molecule has 0 saturated heterocycles. The minimum absolute atomic E-state index is 0.0579. The number of nitrogens with one attached hydrogen (secondary N) is 1. The summed E-state index contributed by atoms with van der Waals surface area (Å²) >= 11 is 3.38. The Labute approximate surface area is 129 Å². The molecule has 112 valence electrons. The van der Waals surface area contributed by atoms with Crippen LogP contribution >= 0.6 is 15.9 Å². The Balaban J connectivity index is 2.30. The molecule has 0 aromatic heterocycles. The highest BCUT2D eigenvalue weighted by Gasteiger charge is 2.24. The summed E-state index contributed by atoms with van der Waals surface area (Å²) < 4.78 is 28.6. The van der Waals surface area contributed by atoms with Crippen LogP contribution in [-0.4, -0.2) is 14.5 Å². The SMILES string of the molecule is Cc1cc(CN)cc(S(=O)(=O)NC2CCCCC2)c1Br. The van der Waals surface area contributed by atoms with Crippen LogP contribution in [-0.2, 0) is 16.6 Å². The maximum absolute atomic E-state index is 12.6. The Morgan fingerprint density at radius 1 is 1.30 bits per heavy atom. The number of hydrogen-bond acceptors (Lipinski definition) is 3. The number of benzene rings is 1.